The molecule has 4 heteroatoms. The maximum Gasteiger partial charge on any atom is 0.0898 e. The number of aliphatic hydroxyl groups excluding tert-OH is 1. The lowest BCUT2D eigenvalue weighted by atomic mass is 9.93. The maximum absolute atomic E-state index is 10.4. The third kappa shape index (κ3) is 7.10. The van der Waals surface area contributed by atoms with Crippen LogP contribution in [0.5, 0.6) is 0 Å². The number of aliphatic hydroxyl groups is 1. The van der Waals surface area contributed by atoms with Gasteiger partial charge in [-0.2, -0.15) is 0 Å². The number of halogens is 1. The average Bonchev–Trinajstić information content (AvgIpc) is 2.73. The van der Waals surface area contributed by atoms with Crippen LogP contribution in [-0.4, -0.2) is 29.9 Å². The van der Waals surface area contributed by atoms with E-state index in [2.05, 4.69) is 80.7 Å². The minimum Gasteiger partial charge on any atom is -0.389 e. The Labute approximate surface area is 186 Å². The van der Waals surface area contributed by atoms with Gasteiger partial charge >= 0.3 is 0 Å². The minimum atomic E-state index is -0.538. The molecule has 162 valence electrons. The number of β-amino-alcohol motifs (C(OH)–C–C–N with tert-alkyl or cyclic N) is 1. The van der Waals surface area contributed by atoms with E-state index in [0.29, 0.717) is 13.2 Å². The largest absolute Gasteiger partial charge is 0.389 e. The minimum absolute atomic E-state index is 0. The molecule has 30 heavy (non-hydrogen) atoms. The van der Waals surface area contributed by atoms with E-state index in [9.17, 15) is 5.11 Å². The quantitative estimate of drug-likeness (QED) is 0.436. The molecule has 0 saturated carbocycles. The molecule has 1 unspecified atom stereocenters. The zero-order valence-corrected chi connectivity index (χ0v) is 19.0. The Bertz CT molecular complexity index is 898. The first kappa shape index (κ1) is 24.4. The van der Waals surface area contributed by atoms with Crippen LogP contribution >= 0.6 is 12.4 Å². The Hall–Kier alpha value is -1.91. The van der Waals surface area contributed by atoms with Gasteiger partial charge in [-0.1, -0.05) is 79.7 Å². The van der Waals surface area contributed by atoms with Gasteiger partial charge in [0.25, 0.3) is 0 Å². The molecule has 0 aliphatic carbocycles. The van der Waals surface area contributed by atoms with Crippen molar-refractivity contribution >= 4 is 23.2 Å². The lowest BCUT2D eigenvalue weighted by Gasteiger charge is -2.28. The number of hydrogen-bond acceptors (Lipinski definition) is 3. The smallest absolute Gasteiger partial charge is 0.0898 e. The van der Waals surface area contributed by atoms with Crippen molar-refractivity contribution in [2.24, 2.45) is 0 Å². The lowest BCUT2D eigenvalue weighted by molar-refractivity contribution is -0.0132. The topological polar surface area (TPSA) is 41.5 Å². The van der Waals surface area contributed by atoms with Crippen molar-refractivity contribution in [3.05, 3.63) is 83.9 Å². The summed E-state index contributed by atoms with van der Waals surface area (Å²) in [5.41, 5.74) is 2.33. The predicted molar refractivity (Wildman–Crippen MR) is 128 cm³/mol. The summed E-state index contributed by atoms with van der Waals surface area (Å²) in [6.07, 6.45) is 1.27. The number of benzene rings is 3. The van der Waals surface area contributed by atoms with Crippen molar-refractivity contribution < 1.29 is 9.84 Å². The van der Waals surface area contributed by atoms with Crippen LogP contribution in [0.1, 0.15) is 44.4 Å². The van der Waals surface area contributed by atoms with Crippen LogP contribution in [0.3, 0.4) is 0 Å². The third-order valence-electron chi connectivity index (χ3n) is 5.31. The van der Waals surface area contributed by atoms with Crippen molar-refractivity contribution in [3.63, 3.8) is 0 Å². The fourth-order valence-corrected chi connectivity index (χ4v) is 3.72. The van der Waals surface area contributed by atoms with Crippen molar-refractivity contribution in [1.29, 1.82) is 0 Å². The molecule has 0 aliphatic heterocycles. The summed E-state index contributed by atoms with van der Waals surface area (Å²) in [4.78, 5) is 0. The van der Waals surface area contributed by atoms with Gasteiger partial charge in [0.2, 0.25) is 0 Å². The number of fused-ring (bicyclic) bond motifs is 1. The second-order valence-electron chi connectivity index (χ2n) is 8.42. The molecule has 0 aromatic heterocycles. The monoisotopic (exact) mass is 427 g/mol. The standard InChI is InChI=1S/C26H33NO2.ClH/c1-4-25(22-11-6-5-7-12-22)29-19-24(28)18-27-26(2,3)17-20-14-15-21-10-8-9-13-23(21)16-20;/h5-16,24-25,27-28H,4,17-19H2,1-3H3;1H/t24-,25?;/m1./s1. The molecule has 0 heterocycles. The van der Waals surface area contributed by atoms with Crippen LogP contribution < -0.4 is 5.32 Å². The summed E-state index contributed by atoms with van der Waals surface area (Å²) in [5.74, 6) is 0. The van der Waals surface area contributed by atoms with Gasteiger partial charge in [-0.25, -0.2) is 0 Å². The van der Waals surface area contributed by atoms with E-state index in [1.807, 2.05) is 18.2 Å². The van der Waals surface area contributed by atoms with E-state index in [-0.39, 0.29) is 24.0 Å². The molecular formula is C26H34ClNO2. The zero-order valence-electron chi connectivity index (χ0n) is 18.2. The SMILES string of the molecule is CCC(OC[C@H](O)CNC(C)(C)Cc1ccc2ccccc2c1)c1ccccc1.Cl. The molecule has 0 fully saturated rings. The van der Waals surface area contributed by atoms with E-state index in [1.165, 1.54) is 16.3 Å². The molecule has 0 aliphatic rings. The molecule has 3 aromatic carbocycles. The van der Waals surface area contributed by atoms with Gasteiger partial charge in [-0.3, -0.25) is 0 Å². The van der Waals surface area contributed by atoms with Crippen LogP contribution in [0.2, 0.25) is 0 Å². The van der Waals surface area contributed by atoms with Gasteiger partial charge in [0, 0.05) is 12.1 Å². The van der Waals surface area contributed by atoms with Gasteiger partial charge in [-0.05, 0) is 48.6 Å². The van der Waals surface area contributed by atoms with E-state index in [1.54, 1.807) is 0 Å². The van der Waals surface area contributed by atoms with E-state index in [4.69, 9.17) is 4.74 Å². The molecule has 2 N–H and O–H groups in total. The Morgan fingerprint density at radius 1 is 0.933 bits per heavy atom. The molecule has 0 radical (unpaired) electrons. The number of nitrogens with one attached hydrogen (secondary N) is 1. The van der Waals surface area contributed by atoms with Gasteiger partial charge in [0.15, 0.2) is 0 Å². The Morgan fingerprint density at radius 2 is 1.60 bits per heavy atom. The molecule has 3 nitrogen and oxygen atoms in total. The summed E-state index contributed by atoms with van der Waals surface area (Å²) in [7, 11) is 0. The normalized spacial score (nSPS) is 13.6. The first-order chi connectivity index (χ1) is 14.0. The Morgan fingerprint density at radius 3 is 2.30 bits per heavy atom. The van der Waals surface area contributed by atoms with E-state index < -0.39 is 6.10 Å². The molecule has 0 saturated heterocycles. The van der Waals surface area contributed by atoms with Gasteiger partial charge in [0.05, 0.1) is 18.8 Å². The molecular weight excluding hydrogens is 394 g/mol. The molecule has 0 bridgehead atoms. The first-order valence-corrected chi connectivity index (χ1v) is 10.5. The first-order valence-electron chi connectivity index (χ1n) is 10.5. The van der Waals surface area contributed by atoms with Crippen LogP contribution in [0, 0.1) is 0 Å². The fourth-order valence-electron chi connectivity index (χ4n) is 3.72. The highest BCUT2D eigenvalue weighted by Gasteiger charge is 2.20. The molecule has 0 amide bonds. The highest BCUT2D eigenvalue weighted by molar-refractivity contribution is 5.85. The number of ether oxygens (including phenoxy) is 1. The number of hydrogen-bond donors (Lipinski definition) is 2. The van der Waals surface area contributed by atoms with Crippen LogP contribution in [0.25, 0.3) is 10.8 Å². The average molecular weight is 428 g/mol. The van der Waals surface area contributed by atoms with E-state index >= 15 is 0 Å². The molecule has 3 rings (SSSR count). The van der Waals surface area contributed by atoms with Crippen molar-refractivity contribution in [2.45, 2.75) is 51.4 Å². The maximum atomic E-state index is 10.4. The van der Waals surface area contributed by atoms with Crippen LogP contribution in [0.4, 0.5) is 0 Å². The summed E-state index contributed by atoms with van der Waals surface area (Å²) in [6, 6.07) is 25.3. The highest BCUT2D eigenvalue weighted by atomic mass is 35.5. The van der Waals surface area contributed by atoms with Crippen molar-refractivity contribution in [1.82, 2.24) is 5.32 Å². The number of rotatable bonds is 10. The Balaban J connectivity index is 0.00000320. The predicted octanol–water partition coefficient (Wildman–Crippen LogP) is 5.70. The van der Waals surface area contributed by atoms with E-state index in [0.717, 1.165) is 18.4 Å². The molecule has 3 aromatic rings. The molecule has 2 atom stereocenters. The molecule has 0 spiro atoms. The van der Waals surface area contributed by atoms with Crippen LogP contribution in [-0.2, 0) is 11.2 Å². The third-order valence-corrected chi connectivity index (χ3v) is 5.31. The van der Waals surface area contributed by atoms with Crippen molar-refractivity contribution in [3.8, 4) is 0 Å². The highest BCUT2D eigenvalue weighted by Crippen LogP contribution is 2.21. The second-order valence-corrected chi connectivity index (χ2v) is 8.42. The summed E-state index contributed by atoms with van der Waals surface area (Å²) < 4.78 is 5.98. The van der Waals surface area contributed by atoms with Gasteiger partial charge < -0.3 is 15.2 Å². The summed E-state index contributed by atoms with van der Waals surface area (Å²) in [5, 5.41) is 16.5. The fraction of sp³-hybridized carbons (Fsp3) is 0.385. The van der Waals surface area contributed by atoms with Gasteiger partial charge in [0.1, 0.15) is 0 Å². The lowest BCUT2D eigenvalue weighted by Crippen LogP contribution is -2.46. The van der Waals surface area contributed by atoms with Gasteiger partial charge in [-0.15, -0.1) is 12.4 Å². The zero-order chi connectivity index (χ0) is 20.7. The Kier molecular flexibility index (Phi) is 9.32. The summed E-state index contributed by atoms with van der Waals surface area (Å²) in [6.45, 7) is 7.29. The summed E-state index contributed by atoms with van der Waals surface area (Å²) >= 11 is 0. The van der Waals surface area contributed by atoms with Crippen molar-refractivity contribution in [2.75, 3.05) is 13.2 Å². The van der Waals surface area contributed by atoms with Crippen LogP contribution in [0.15, 0.2) is 72.8 Å². The second kappa shape index (κ2) is 11.5.